The second-order valence-electron chi connectivity index (χ2n) is 3.70. The first-order chi connectivity index (χ1) is 7.29. The predicted molar refractivity (Wildman–Crippen MR) is 64.2 cm³/mol. The van der Waals surface area contributed by atoms with Crippen LogP contribution in [-0.4, -0.2) is 48.1 Å². The van der Waals surface area contributed by atoms with Gasteiger partial charge in [0.15, 0.2) is 0 Å². The Morgan fingerprint density at radius 3 is 2.60 bits per heavy atom. The van der Waals surface area contributed by atoms with Gasteiger partial charge < -0.3 is 4.74 Å². The smallest absolute Gasteiger partial charge is 0.323 e. The minimum Gasteiger partial charge on any atom is -0.465 e. The van der Waals surface area contributed by atoms with Crippen molar-refractivity contribution in [3.05, 3.63) is 0 Å². The molecule has 0 N–H and O–H groups in total. The van der Waals surface area contributed by atoms with Gasteiger partial charge in [-0.2, -0.15) is 11.8 Å². The van der Waals surface area contributed by atoms with Crippen LogP contribution in [0.4, 0.5) is 0 Å². The van der Waals surface area contributed by atoms with Crippen LogP contribution in [0.25, 0.3) is 0 Å². The summed E-state index contributed by atoms with van der Waals surface area (Å²) >= 11 is 1.97. The highest BCUT2D eigenvalue weighted by Crippen LogP contribution is 2.16. The van der Waals surface area contributed by atoms with Crippen molar-refractivity contribution >= 4 is 17.7 Å². The molecule has 0 radical (unpaired) electrons. The summed E-state index contributed by atoms with van der Waals surface area (Å²) in [5.74, 6) is 2.24. The second-order valence-corrected chi connectivity index (χ2v) is 4.93. The van der Waals surface area contributed by atoms with Gasteiger partial charge in [-0.3, -0.25) is 9.69 Å². The van der Waals surface area contributed by atoms with Gasteiger partial charge >= 0.3 is 5.97 Å². The fourth-order valence-electron chi connectivity index (χ4n) is 1.85. The van der Waals surface area contributed by atoms with Gasteiger partial charge in [0.1, 0.15) is 6.04 Å². The van der Waals surface area contributed by atoms with Gasteiger partial charge in [0.2, 0.25) is 0 Å². The molecule has 1 atom stereocenters. The summed E-state index contributed by atoms with van der Waals surface area (Å²) in [4.78, 5) is 14.0. The fraction of sp³-hybridized carbons (Fsp3) is 0.909. The molecule has 0 aromatic rings. The van der Waals surface area contributed by atoms with Crippen LogP contribution in [0.15, 0.2) is 0 Å². The van der Waals surface area contributed by atoms with Gasteiger partial charge in [0.05, 0.1) is 6.61 Å². The van der Waals surface area contributed by atoms with Gasteiger partial charge in [0.25, 0.3) is 0 Å². The zero-order valence-corrected chi connectivity index (χ0v) is 10.5. The number of carbonyl (C=O) groups is 1. The van der Waals surface area contributed by atoms with E-state index in [1.54, 1.807) is 0 Å². The summed E-state index contributed by atoms with van der Waals surface area (Å²) in [6.07, 6.45) is 1.95. The number of nitrogens with zero attached hydrogens (tertiary/aromatic N) is 1. The Balaban J connectivity index is 2.50. The Morgan fingerprint density at radius 1 is 1.40 bits per heavy atom. The van der Waals surface area contributed by atoms with E-state index in [9.17, 15) is 4.79 Å². The zero-order valence-electron chi connectivity index (χ0n) is 9.70. The molecule has 0 saturated carbocycles. The van der Waals surface area contributed by atoms with Crippen LogP contribution >= 0.6 is 11.8 Å². The molecule has 1 fully saturated rings. The van der Waals surface area contributed by atoms with Crippen LogP contribution in [-0.2, 0) is 9.53 Å². The van der Waals surface area contributed by atoms with E-state index in [0.717, 1.165) is 37.4 Å². The number of esters is 1. The minimum atomic E-state index is -0.0359. The van der Waals surface area contributed by atoms with Crippen LogP contribution in [0.5, 0.6) is 0 Å². The van der Waals surface area contributed by atoms with E-state index >= 15 is 0 Å². The van der Waals surface area contributed by atoms with E-state index in [4.69, 9.17) is 4.74 Å². The standard InChI is InChI=1S/C11H21NO2S/c1-3-5-10(11(13)14-4-2)12-6-8-15-9-7-12/h10H,3-9H2,1-2H3. The number of rotatable bonds is 5. The topological polar surface area (TPSA) is 29.5 Å². The maximum atomic E-state index is 11.8. The average molecular weight is 231 g/mol. The molecule has 1 heterocycles. The molecule has 1 unspecified atom stereocenters. The molecule has 4 heteroatoms. The molecule has 0 amide bonds. The third-order valence-electron chi connectivity index (χ3n) is 2.61. The van der Waals surface area contributed by atoms with Gasteiger partial charge in [-0.15, -0.1) is 0 Å². The van der Waals surface area contributed by atoms with E-state index < -0.39 is 0 Å². The lowest BCUT2D eigenvalue weighted by Crippen LogP contribution is -2.46. The first-order valence-corrected chi connectivity index (χ1v) is 6.93. The van der Waals surface area contributed by atoms with Crippen LogP contribution in [0.3, 0.4) is 0 Å². The Hall–Kier alpha value is -0.220. The minimum absolute atomic E-state index is 0.00384. The third kappa shape index (κ3) is 4.03. The van der Waals surface area contributed by atoms with Gasteiger partial charge in [-0.25, -0.2) is 0 Å². The lowest BCUT2D eigenvalue weighted by molar-refractivity contribution is -0.149. The van der Waals surface area contributed by atoms with Gasteiger partial charge in [0, 0.05) is 24.6 Å². The molecule has 0 aliphatic carbocycles. The molecule has 0 aromatic heterocycles. The highest BCUT2D eigenvalue weighted by Gasteiger charge is 2.27. The first kappa shape index (κ1) is 12.8. The van der Waals surface area contributed by atoms with Crippen molar-refractivity contribution < 1.29 is 9.53 Å². The van der Waals surface area contributed by atoms with Crippen LogP contribution in [0, 0.1) is 0 Å². The monoisotopic (exact) mass is 231 g/mol. The summed E-state index contributed by atoms with van der Waals surface area (Å²) in [6, 6.07) is -0.00384. The highest BCUT2D eigenvalue weighted by molar-refractivity contribution is 7.99. The molecule has 0 aromatic carbocycles. The van der Waals surface area contributed by atoms with E-state index in [1.807, 2.05) is 18.7 Å². The summed E-state index contributed by atoms with van der Waals surface area (Å²) < 4.78 is 5.12. The predicted octanol–water partition coefficient (Wildman–Crippen LogP) is 1.77. The molecule has 15 heavy (non-hydrogen) atoms. The van der Waals surface area contributed by atoms with E-state index in [-0.39, 0.29) is 12.0 Å². The lowest BCUT2D eigenvalue weighted by Gasteiger charge is -2.32. The third-order valence-corrected chi connectivity index (χ3v) is 3.55. The molecule has 1 saturated heterocycles. The summed E-state index contributed by atoms with van der Waals surface area (Å²) in [5, 5.41) is 0. The molecule has 1 aliphatic rings. The summed E-state index contributed by atoms with van der Waals surface area (Å²) in [6.45, 7) is 6.52. The highest BCUT2D eigenvalue weighted by atomic mass is 32.2. The summed E-state index contributed by atoms with van der Waals surface area (Å²) in [7, 11) is 0. The van der Waals surface area contributed by atoms with Crippen molar-refractivity contribution in [2.75, 3.05) is 31.2 Å². The number of hydrogen-bond acceptors (Lipinski definition) is 4. The van der Waals surface area contributed by atoms with E-state index in [0.29, 0.717) is 6.61 Å². The molecular formula is C11H21NO2S. The molecule has 1 aliphatic heterocycles. The molecule has 1 rings (SSSR count). The molecular weight excluding hydrogens is 210 g/mol. The van der Waals surface area contributed by atoms with Crippen molar-refractivity contribution in [2.24, 2.45) is 0 Å². The molecule has 0 spiro atoms. The Morgan fingerprint density at radius 2 is 2.07 bits per heavy atom. The van der Waals surface area contributed by atoms with Crippen LogP contribution in [0.1, 0.15) is 26.7 Å². The van der Waals surface area contributed by atoms with Gasteiger partial charge in [-0.1, -0.05) is 13.3 Å². The van der Waals surface area contributed by atoms with Crippen LogP contribution in [0.2, 0.25) is 0 Å². The molecule has 88 valence electrons. The van der Waals surface area contributed by atoms with Crippen LogP contribution < -0.4 is 0 Å². The summed E-state index contributed by atoms with van der Waals surface area (Å²) in [5.41, 5.74) is 0. The number of ether oxygens (including phenoxy) is 1. The number of carbonyl (C=O) groups excluding carboxylic acids is 1. The number of hydrogen-bond donors (Lipinski definition) is 0. The maximum absolute atomic E-state index is 11.8. The largest absolute Gasteiger partial charge is 0.465 e. The normalized spacial score (nSPS) is 19.9. The van der Waals surface area contributed by atoms with E-state index in [1.165, 1.54) is 0 Å². The first-order valence-electron chi connectivity index (χ1n) is 5.78. The Labute approximate surface area is 96.5 Å². The van der Waals surface area contributed by atoms with Crippen molar-refractivity contribution in [2.45, 2.75) is 32.7 Å². The lowest BCUT2D eigenvalue weighted by atomic mass is 10.1. The SMILES string of the molecule is CCCC(C(=O)OCC)N1CCSCC1. The second kappa shape index (κ2) is 7.12. The van der Waals surface area contributed by atoms with Crippen molar-refractivity contribution in [3.63, 3.8) is 0 Å². The average Bonchev–Trinajstić information content (AvgIpc) is 2.27. The van der Waals surface area contributed by atoms with Crippen molar-refractivity contribution in [1.82, 2.24) is 4.90 Å². The fourth-order valence-corrected chi connectivity index (χ4v) is 2.78. The van der Waals surface area contributed by atoms with Crippen molar-refractivity contribution in [1.29, 1.82) is 0 Å². The van der Waals surface area contributed by atoms with Crippen molar-refractivity contribution in [3.8, 4) is 0 Å². The Kier molecular flexibility index (Phi) is 6.10. The maximum Gasteiger partial charge on any atom is 0.323 e. The zero-order chi connectivity index (χ0) is 11.1. The van der Waals surface area contributed by atoms with Gasteiger partial charge in [-0.05, 0) is 13.3 Å². The quantitative estimate of drug-likeness (QED) is 0.674. The molecule has 3 nitrogen and oxygen atoms in total. The Bertz CT molecular complexity index is 193. The van der Waals surface area contributed by atoms with E-state index in [2.05, 4.69) is 11.8 Å². The number of thioether (sulfide) groups is 1. The molecule has 0 bridgehead atoms.